The number of carbonyl (C=O) groups is 1. The second-order valence-electron chi connectivity index (χ2n) is 6.53. The van der Waals surface area contributed by atoms with Gasteiger partial charge in [0.25, 0.3) is 0 Å². The smallest absolute Gasteiger partial charge is 0.412 e. The summed E-state index contributed by atoms with van der Waals surface area (Å²) in [5.74, 6) is -0.0393. The van der Waals surface area contributed by atoms with Gasteiger partial charge in [-0.1, -0.05) is 0 Å². The van der Waals surface area contributed by atoms with Gasteiger partial charge in [0.15, 0.2) is 0 Å². The summed E-state index contributed by atoms with van der Waals surface area (Å²) >= 11 is 0. The summed E-state index contributed by atoms with van der Waals surface area (Å²) in [5.41, 5.74) is 1.74. The Hall–Kier alpha value is -2.34. The van der Waals surface area contributed by atoms with E-state index in [-0.39, 0.29) is 6.04 Å². The standard InChI is InChI=1S/C18H19FN2O3/c19-14-1-2-16(15(9-14)13-5-8-24-11-13)21(18(22)23)17-10-20-6-3-12(17)4-7-20/h1-2,5,8-9,11-12,17H,3-4,6-7,10H2,(H,22,23)/t17-/m0/s1. The van der Waals surface area contributed by atoms with Crippen LogP contribution in [0.15, 0.2) is 41.2 Å². The minimum absolute atomic E-state index is 0.0962. The zero-order valence-corrected chi connectivity index (χ0v) is 13.2. The molecule has 0 unspecified atom stereocenters. The SMILES string of the molecule is O=C(O)N(c1ccc(F)cc1-c1ccoc1)[C@H]1CN2CCC1CC2. The second-order valence-corrected chi connectivity index (χ2v) is 6.53. The molecule has 5 nitrogen and oxygen atoms in total. The number of benzene rings is 1. The van der Waals surface area contributed by atoms with Gasteiger partial charge in [-0.25, -0.2) is 9.18 Å². The number of rotatable bonds is 3. The van der Waals surface area contributed by atoms with Crippen LogP contribution >= 0.6 is 0 Å². The van der Waals surface area contributed by atoms with Crippen molar-refractivity contribution in [1.29, 1.82) is 0 Å². The van der Waals surface area contributed by atoms with E-state index < -0.39 is 11.9 Å². The third-order valence-electron chi connectivity index (χ3n) is 5.21. The number of furan rings is 1. The highest BCUT2D eigenvalue weighted by Gasteiger charge is 2.40. The molecule has 2 bridgehead atoms. The molecule has 3 aliphatic heterocycles. The first-order valence-corrected chi connectivity index (χ1v) is 8.20. The summed E-state index contributed by atoms with van der Waals surface area (Å²) in [5, 5.41) is 9.89. The molecule has 1 N–H and O–H groups in total. The van der Waals surface area contributed by atoms with Crippen LogP contribution in [-0.4, -0.2) is 41.8 Å². The van der Waals surface area contributed by atoms with Crippen LogP contribution < -0.4 is 4.90 Å². The van der Waals surface area contributed by atoms with Crippen molar-refractivity contribution < 1.29 is 18.7 Å². The molecule has 6 heteroatoms. The zero-order valence-electron chi connectivity index (χ0n) is 13.2. The maximum absolute atomic E-state index is 13.8. The van der Waals surface area contributed by atoms with Crippen LogP contribution in [0.1, 0.15) is 12.8 Å². The van der Waals surface area contributed by atoms with Gasteiger partial charge in [-0.3, -0.25) is 4.90 Å². The Balaban J connectivity index is 1.78. The Morgan fingerprint density at radius 2 is 2.08 bits per heavy atom. The maximum atomic E-state index is 13.8. The third kappa shape index (κ3) is 2.57. The minimum Gasteiger partial charge on any atom is -0.472 e. The Morgan fingerprint density at radius 3 is 2.67 bits per heavy atom. The van der Waals surface area contributed by atoms with Crippen molar-refractivity contribution in [3.05, 3.63) is 42.6 Å². The number of fused-ring (bicyclic) bond motifs is 3. The topological polar surface area (TPSA) is 56.9 Å². The molecule has 1 amide bonds. The third-order valence-corrected chi connectivity index (χ3v) is 5.21. The molecule has 0 saturated carbocycles. The fourth-order valence-electron chi connectivity index (χ4n) is 4.02. The van der Waals surface area contributed by atoms with Gasteiger partial charge in [0, 0.05) is 17.7 Å². The zero-order chi connectivity index (χ0) is 16.7. The van der Waals surface area contributed by atoms with Gasteiger partial charge in [0.05, 0.1) is 24.3 Å². The highest BCUT2D eigenvalue weighted by atomic mass is 19.1. The van der Waals surface area contributed by atoms with Crippen LogP contribution in [0.25, 0.3) is 11.1 Å². The first-order valence-electron chi connectivity index (χ1n) is 8.20. The first-order chi connectivity index (χ1) is 11.6. The molecule has 0 radical (unpaired) electrons. The van der Waals surface area contributed by atoms with Crippen LogP contribution in [0, 0.1) is 11.7 Å². The molecule has 4 heterocycles. The summed E-state index contributed by atoms with van der Waals surface area (Å²) < 4.78 is 18.9. The van der Waals surface area contributed by atoms with Crippen molar-refractivity contribution in [2.45, 2.75) is 18.9 Å². The summed E-state index contributed by atoms with van der Waals surface area (Å²) in [6.07, 6.45) is 4.04. The molecular formula is C18H19FN2O3. The van der Waals surface area contributed by atoms with E-state index in [9.17, 15) is 14.3 Å². The van der Waals surface area contributed by atoms with Crippen molar-refractivity contribution in [2.24, 2.45) is 5.92 Å². The van der Waals surface area contributed by atoms with Crippen LogP contribution in [0.5, 0.6) is 0 Å². The van der Waals surface area contributed by atoms with E-state index in [0.29, 0.717) is 22.7 Å². The predicted molar refractivity (Wildman–Crippen MR) is 87.6 cm³/mol. The van der Waals surface area contributed by atoms with Gasteiger partial charge >= 0.3 is 6.09 Å². The molecule has 3 aliphatic rings. The van der Waals surface area contributed by atoms with Crippen molar-refractivity contribution in [2.75, 3.05) is 24.5 Å². The van der Waals surface area contributed by atoms with Gasteiger partial charge < -0.3 is 14.4 Å². The lowest BCUT2D eigenvalue weighted by molar-refractivity contribution is 0.0837. The molecule has 1 aromatic carbocycles. The van der Waals surface area contributed by atoms with E-state index in [1.807, 2.05) is 0 Å². The molecule has 3 saturated heterocycles. The van der Waals surface area contributed by atoms with Crippen molar-refractivity contribution in [1.82, 2.24) is 4.90 Å². The summed E-state index contributed by atoms with van der Waals surface area (Å²) in [7, 11) is 0. The summed E-state index contributed by atoms with van der Waals surface area (Å²) in [6, 6.07) is 5.87. The minimum atomic E-state index is -0.995. The molecule has 2 aromatic rings. The largest absolute Gasteiger partial charge is 0.472 e. The average Bonchev–Trinajstić information content (AvgIpc) is 3.12. The summed E-state index contributed by atoms with van der Waals surface area (Å²) in [4.78, 5) is 15.8. The molecule has 0 aliphatic carbocycles. The molecular weight excluding hydrogens is 311 g/mol. The Morgan fingerprint density at radius 1 is 1.29 bits per heavy atom. The van der Waals surface area contributed by atoms with Crippen molar-refractivity contribution >= 4 is 11.8 Å². The van der Waals surface area contributed by atoms with Gasteiger partial charge in [-0.2, -0.15) is 0 Å². The van der Waals surface area contributed by atoms with Crippen molar-refractivity contribution in [3.63, 3.8) is 0 Å². The van der Waals surface area contributed by atoms with E-state index in [2.05, 4.69) is 4.90 Å². The summed E-state index contributed by atoms with van der Waals surface area (Å²) in [6.45, 7) is 2.80. The number of halogens is 1. The number of hydrogen-bond donors (Lipinski definition) is 1. The molecule has 3 fully saturated rings. The lowest BCUT2D eigenvalue weighted by Crippen LogP contribution is -2.58. The Kier molecular flexibility index (Phi) is 3.76. The van der Waals surface area contributed by atoms with Gasteiger partial charge in [-0.15, -0.1) is 0 Å². The normalized spacial score (nSPS) is 25.6. The second kappa shape index (κ2) is 5.94. The first kappa shape index (κ1) is 15.2. The number of piperidine rings is 3. The van der Waals surface area contributed by atoms with Crippen molar-refractivity contribution in [3.8, 4) is 11.1 Å². The molecule has 126 valence electrons. The van der Waals surface area contributed by atoms with Crippen LogP contribution in [0.2, 0.25) is 0 Å². The highest BCUT2D eigenvalue weighted by Crippen LogP contribution is 2.38. The van der Waals surface area contributed by atoms with Crippen LogP contribution in [0.4, 0.5) is 14.9 Å². The molecule has 5 rings (SSSR count). The van der Waals surface area contributed by atoms with E-state index >= 15 is 0 Å². The Bertz CT molecular complexity index is 739. The lowest BCUT2D eigenvalue weighted by atomic mass is 9.82. The monoisotopic (exact) mass is 330 g/mol. The van der Waals surface area contributed by atoms with Gasteiger partial charge in [0.2, 0.25) is 0 Å². The fourth-order valence-corrected chi connectivity index (χ4v) is 4.02. The number of anilines is 1. The number of carboxylic acid groups (broad SMARTS) is 1. The number of nitrogens with zero attached hydrogens (tertiary/aromatic N) is 2. The van der Waals surface area contributed by atoms with E-state index in [1.54, 1.807) is 12.1 Å². The van der Waals surface area contributed by atoms with E-state index in [1.165, 1.54) is 29.6 Å². The fraction of sp³-hybridized carbons (Fsp3) is 0.389. The lowest BCUT2D eigenvalue weighted by Gasteiger charge is -2.48. The number of amides is 1. The average molecular weight is 330 g/mol. The maximum Gasteiger partial charge on any atom is 0.412 e. The van der Waals surface area contributed by atoms with E-state index in [4.69, 9.17) is 4.42 Å². The number of hydrogen-bond acceptors (Lipinski definition) is 3. The molecule has 1 atom stereocenters. The highest BCUT2D eigenvalue weighted by molar-refractivity contribution is 5.93. The molecule has 1 aromatic heterocycles. The van der Waals surface area contributed by atoms with Crippen LogP contribution in [-0.2, 0) is 0 Å². The van der Waals surface area contributed by atoms with E-state index in [0.717, 1.165) is 32.5 Å². The predicted octanol–water partition coefficient (Wildman–Crippen LogP) is 3.66. The quantitative estimate of drug-likeness (QED) is 0.933. The van der Waals surface area contributed by atoms with Gasteiger partial charge in [-0.05, 0) is 56.1 Å². The molecule has 0 spiro atoms. The van der Waals surface area contributed by atoms with Gasteiger partial charge in [0.1, 0.15) is 5.82 Å². The molecule has 24 heavy (non-hydrogen) atoms. The van der Waals surface area contributed by atoms with Crippen LogP contribution in [0.3, 0.4) is 0 Å². The Labute approximate surface area is 139 Å².